The summed E-state index contributed by atoms with van der Waals surface area (Å²) in [5, 5.41) is 14.4. The molecule has 0 aliphatic heterocycles. The van der Waals surface area contributed by atoms with Gasteiger partial charge < -0.3 is 10.4 Å². The summed E-state index contributed by atoms with van der Waals surface area (Å²) in [5.74, 6) is -1.26. The van der Waals surface area contributed by atoms with Gasteiger partial charge in [0.15, 0.2) is 5.54 Å². The second-order valence-corrected chi connectivity index (χ2v) is 6.44. The highest BCUT2D eigenvalue weighted by Crippen LogP contribution is 2.26. The molecule has 0 radical (unpaired) electrons. The summed E-state index contributed by atoms with van der Waals surface area (Å²) >= 11 is 1.67. The minimum atomic E-state index is -1.36. The van der Waals surface area contributed by atoms with E-state index >= 15 is 0 Å². The third-order valence-corrected chi connectivity index (χ3v) is 4.86. The first-order chi connectivity index (χ1) is 11.1. The fraction of sp³-hybridized carbons (Fsp3) is 0.333. The van der Waals surface area contributed by atoms with E-state index in [4.69, 9.17) is 0 Å². The topological polar surface area (TPSA) is 66.4 Å². The summed E-state index contributed by atoms with van der Waals surface area (Å²) in [6.45, 7) is 1.77. The minimum absolute atomic E-state index is 0.227. The Kier molecular flexibility index (Phi) is 5.93. The first-order valence-corrected chi connectivity index (χ1v) is 8.59. The van der Waals surface area contributed by atoms with Crippen LogP contribution in [0.5, 0.6) is 0 Å². The first kappa shape index (κ1) is 17.2. The first-order valence-electron chi connectivity index (χ1n) is 7.71. The number of benzene rings is 1. The molecule has 1 amide bonds. The summed E-state index contributed by atoms with van der Waals surface area (Å²) in [4.78, 5) is 25.3. The molecule has 0 saturated carbocycles. The van der Waals surface area contributed by atoms with Crippen molar-refractivity contribution in [1.82, 2.24) is 5.32 Å². The van der Waals surface area contributed by atoms with Crippen molar-refractivity contribution in [3.63, 3.8) is 0 Å². The molecule has 2 aromatic rings. The van der Waals surface area contributed by atoms with Crippen molar-refractivity contribution in [3.05, 3.63) is 58.3 Å². The lowest BCUT2D eigenvalue weighted by Gasteiger charge is -2.30. The molecular formula is C18H21NO3S. The number of carboxylic acids is 1. The highest BCUT2D eigenvalue weighted by Gasteiger charge is 2.39. The van der Waals surface area contributed by atoms with Gasteiger partial charge >= 0.3 is 5.97 Å². The predicted molar refractivity (Wildman–Crippen MR) is 91.4 cm³/mol. The molecule has 0 aliphatic carbocycles. The predicted octanol–water partition coefficient (Wildman–Crippen LogP) is 3.58. The standard InChI is InChI=1S/C18H21NO3S/c1-2-18(17(21)22,14-8-4-3-5-9-14)19-16(20)12-6-10-15-11-7-13-23-15/h3-5,7-9,11,13H,2,6,10,12H2,1H3,(H,19,20)(H,21,22). The Morgan fingerprint density at radius 1 is 1.17 bits per heavy atom. The van der Waals surface area contributed by atoms with Gasteiger partial charge in [0, 0.05) is 11.3 Å². The summed E-state index contributed by atoms with van der Waals surface area (Å²) in [6, 6.07) is 12.9. The van der Waals surface area contributed by atoms with Crippen molar-refractivity contribution in [2.45, 2.75) is 38.1 Å². The molecule has 0 aliphatic rings. The van der Waals surface area contributed by atoms with Crippen molar-refractivity contribution in [1.29, 1.82) is 0 Å². The Hall–Kier alpha value is -2.14. The van der Waals surface area contributed by atoms with Gasteiger partial charge in [0.05, 0.1) is 0 Å². The van der Waals surface area contributed by atoms with Crippen molar-refractivity contribution < 1.29 is 14.7 Å². The average Bonchev–Trinajstić information content (AvgIpc) is 3.06. The van der Waals surface area contributed by atoms with Crippen LogP contribution in [0.15, 0.2) is 47.8 Å². The van der Waals surface area contributed by atoms with Crippen LogP contribution in [-0.2, 0) is 21.5 Å². The van der Waals surface area contributed by atoms with E-state index < -0.39 is 11.5 Å². The lowest BCUT2D eigenvalue weighted by atomic mass is 9.87. The van der Waals surface area contributed by atoms with E-state index in [2.05, 4.69) is 5.32 Å². The lowest BCUT2D eigenvalue weighted by molar-refractivity contribution is -0.148. The third-order valence-electron chi connectivity index (χ3n) is 3.92. The van der Waals surface area contributed by atoms with Crippen LogP contribution < -0.4 is 5.32 Å². The van der Waals surface area contributed by atoms with E-state index in [1.807, 2.05) is 23.6 Å². The zero-order chi connectivity index (χ0) is 16.7. The smallest absolute Gasteiger partial charge is 0.334 e. The van der Waals surface area contributed by atoms with Gasteiger partial charge in [0.25, 0.3) is 0 Å². The Morgan fingerprint density at radius 2 is 1.91 bits per heavy atom. The van der Waals surface area contributed by atoms with E-state index in [0.717, 1.165) is 6.42 Å². The van der Waals surface area contributed by atoms with Crippen LogP contribution >= 0.6 is 11.3 Å². The number of carboxylic acid groups (broad SMARTS) is 1. The molecule has 23 heavy (non-hydrogen) atoms. The minimum Gasteiger partial charge on any atom is -0.479 e. The maximum Gasteiger partial charge on any atom is 0.334 e. The lowest BCUT2D eigenvalue weighted by Crippen LogP contribution is -2.51. The van der Waals surface area contributed by atoms with E-state index in [0.29, 0.717) is 24.8 Å². The van der Waals surface area contributed by atoms with Crippen LogP contribution in [-0.4, -0.2) is 17.0 Å². The molecule has 4 nitrogen and oxygen atoms in total. The van der Waals surface area contributed by atoms with Crippen molar-refractivity contribution in [3.8, 4) is 0 Å². The average molecular weight is 331 g/mol. The number of hydrogen-bond donors (Lipinski definition) is 2. The van der Waals surface area contributed by atoms with Crippen LogP contribution in [0.1, 0.15) is 36.6 Å². The molecule has 5 heteroatoms. The zero-order valence-corrected chi connectivity index (χ0v) is 13.9. The van der Waals surface area contributed by atoms with Gasteiger partial charge in [-0.2, -0.15) is 0 Å². The van der Waals surface area contributed by atoms with Crippen LogP contribution in [0.2, 0.25) is 0 Å². The maximum absolute atomic E-state index is 12.3. The molecule has 0 saturated heterocycles. The molecule has 1 aromatic heterocycles. The summed E-state index contributed by atoms with van der Waals surface area (Å²) in [6.07, 6.45) is 2.16. The number of thiophene rings is 1. The molecule has 0 fully saturated rings. The Labute approximate surface area is 140 Å². The quantitative estimate of drug-likeness (QED) is 0.777. The molecule has 1 atom stereocenters. The van der Waals surface area contributed by atoms with E-state index in [-0.39, 0.29) is 5.91 Å². The molecule has 2 rings (SSSR count). The van der Waals surface area contributed by atoms with Crippen LogP contribution in [0, 0.1) is 0 Å². The molecule has 1 aromatic carbocycles. The fourth-order valence-electron chi connectivity index (χ4n) is 2.59. The molecule has 1 heterocycles. The second-order valence-electron chi connectivity index (χ2n) is 5.41. The molecule has 0 spiro atoms. The fourth-order valence-corrected chi connectivity index (χ4v) is 3.35. The Balaban J connectivity index is 2.03. The maximum atomic E-state index is 12.3. The van der Waals surface area contributed by atoms with Crippen LogP contribution in [0.3, 0.4) is 0 Å². The molecule has 122 valence electrons. The number of carbonyl (C=O) groups excluding carboxylic acids is 1. The van der Waals surface area contributed by atoms with Gasteiger partial charge in [-0.15, -0.1) is 11.3 Å². The molecule has 2 N–H and O–H groups in total. The summed E-state index contributed by atoms with van der Waals surface area (Å²) < 4.78 is 0. The Bertz CT molecular complexity index is 640. The largest absolute Gasteiger partial charge is 0.479 e. The van der Waals surface area contributed by atoms with Crippen molar-refractivity contribution in [2.24, 2.45) is 0 Å². The van der Waals surface area contributed by atoms with Crippen molar-refractivity contribution >= 4 is 23.2 Å². The molecule has 0 bridgehead atoms. The normalized spacial score (nSPS) is 13.3. The molecular weight excluding hydrogens is 310 g/mol. The summed E-state index contributed by atoms with van der Waals surface area (Å²) in [5.41, 5.74) is -0.761. The highest BCUT2D eigenvalue weighted by atomic mass is 32.1. The van der Waals surface area contributed by atoms with Gasteiger partial charge in [0.2, 0.25) is 5.91 Å². The van der Waals surface area contributed by atoms with E-state index in [9.17, 15) is 14.7 Å². The number of rotatable bonds is 8. The number of hydrogen-bond acceptors (Lipinski definition) is 3. The third kappa shape index (κ3) is 4.20. The van der Waals surface area contributed by atoms with Gasteiger partial charge in [-0.1, -0.05) is 43.3 Å². The number of aliphatic carboxylic acids is 1. The van der Waals surface area contributed by atoms with Gasteiger partial charge in [-0.25, -0.2) is 4.79 Å². The van der Waals surface area contributed by atoms with Gasteiger partial charge in [-0.3, -0.25) is 4.79 Å². The zero-order valence-electron chi connectivity index (χ0n) is 13.1. The van der Waals surface area contributed by atoms with E-state index in [1.165, 1.54) is 4.88 Å². The summed E-state index contributed by atoms with van der Waals surface area (Å²) in [7, 11) is 0. The number of nitrogens with one attached hydrogen (secondary N) is 1. The van der Waals surface area contributed by atoms with Gasteiger partial charge in [0.1, 0.15) is 0 Å². The van der Waals surface area contributed by atoms with Crippen LogP contribution in [0.4, 0.5) is 0 Å². The highest BCUT2D eigenvalue weighted by molar-refractivity contribution is 7.09. The molecule has 1 unspecified atom stereocenters. The van der Waals surface area contributed by atoms with E-state index in [1.54, 1.807) is 42.5 Å². The van der Waals surface area contributed by atoms with Gasteiger partial charge in [-0.05, 0) is 36.3 Å². The van der Waals surface area contributed by atoms with Crippen molar-refractivity contribution in [2.75, 3.05) is 0 Å². The monoisotopic (exact) mass is 331 g/mol. The van der Waals surface area contributed by atoms with Crippen LogP contribution in [0.25, 0.3) is 0 Å². The SMILES string of the molecule is CCC(NC(=O)CCCc1cccs1)(C(=O)O)c1ccccc1. The number of aryl methyl sites for hydroxylation is 1. The second kappa shape index (κ2) is 7.92. The Morgan fingerprint density at radius 3 is 2.48 bits per heavy atom. The number of carbonyl (C=O) groups is 2. The number of amides is 1.